The summed E-state index contributed by atoms with van der Waals surface area (Å²) >= 11 is 6.94. The molecule has 2 saturated heterocycles. The highest BCUT2D eigenvalue weighted by molar-refractivity contribution is 7.99. The number of thiocarbonyl (C=S) groups is 1. The summed E-state index contributed by atoms with van der Waals surface area (Å²) in [5.74, 6) is 1.67. The minimum Gasteiger partial charge on any atom is -0.468 e. The van der Waals surface area contributed by atoms with Crippen molar-refractivity contribution in [1.29, 1.82) is 0 Å². The third-order valence-electron chi connectivity index (χ3n) is 4.29. The van der Waals surface area contributed by atoms with E-state index < -0.39 is 6.09 Å². The van der Waals surface area contributed by atoms with E-state index in [0.717, 1.165) is 24.6 Å². The molecular formula is C18H24FN3O3S2. The molecule has 1 aromatic rings. The van der Waals surface area contributed by atoms with Crippen LogP contribution in [0.1, 0.15) is 13.8 Å². The van der Waals surface area contributed by atoms with Gasteiger partial charge in [-0.15, -0.1) is 0 Å². The number of rotatable bonds is 5. The molecule has 1 atom stereocenters. The molecule has 2 aliphatic rings. The first-order chi connectivity index (χ1) is 12.9. The minimum absolute atomic E-state index is 0.0207. The van der Waals surface area contributed by atoms with E-state index in [-0.39, 0.29) is 23.2 Å². The van der Waals surface area contributed by atoms with Crippen LogP contribution in [0.2, 0.25) is 0 Å². The van der Waals surface area contributed by atoms with Crippen molar-refractivity contribution in [1.82, 2.24) is 5.32 Å². The fourth-order valence-electron chi connectivity index (χ4n) is 3.02. The molecular weight excluding hydrogens is 389 g/mol. The number of benzene rings is 1. The molecule has 0 saturated carbocycles. The second-order valence-electron chi connectivity index (χ2n) is 6.69. The van der Waals surface area contributed by atoms with Crippen molar-refractivity contribution >= 4 is 46.6 Å². The summed E-state index contributed by atoms with van der Waals surface area (Å²) in [5, 5.41) is 3.21. The van der Waals surface area contributed by atoms with E-state index in [1.54, 1.807) is 12.1 Å². The number of nitrogens with one attached hydrogen (secondary N) is 1. The highest BCUT2D eigenvalue weighted by atomic mass is 32.2. The first kappa shape index (κ1) is 20.0. The number of amides is 1. The van der Waals surface area contributed by atoms with Crippen LogP contribution in [0.5, 0.6) is 0 Å². The van der Waals surface area contributed by atoms with Crippen molar-refractivity contribution in [2.75, 3.05) is 47.5 Å². The maximum absolute atomic E-state index is 14.6. The maximum Gasteiger partial charge on any atom is 0.414 e. The molecule has 0 bridgehead atoms. The minimum atomic E-state index is -0.487. The molecule has 27 heavy (non-hydrogen) atoms. The van der Waals surface area contributed by atoms with E-state index in [1.807, 2.05) is 30.5 Å². The summed E-state index contributed by atoms with van der Waals surface area (Å²) in [6, 6.07) is 4.91. The number of hydrogen-bond donors (Lipinski definition) is 1. The number of ether oxygens (including phenoxy) is 2. The highest BCUT2D eigenvalue weighted by Gasteiger charge is 2.33. The lowest BCUT2D eigenvalue weighted by molar-refractivity contribution is 0.140. The van der Waals surface area contributed by atoms with E-state index in [9.17, 15) is 9.18 Å². The molecule has 6 nitrogen and oxygen atoms in total. The van der Waals surface area contributed by atoms with Gasteiger partial charge in [-0.3, -0.25) is 4.90 Å². The Morgan fingerprint density at radius 3 is 2.85 bits per heavy atom. The molecule has 9 heteroatoms. The summed E-state index contributed by atoms with van der Waals surface area (Å²) in [6.45, 7) is 6.10. The van der Waals surface area contributed by atoms with Gasteiger partial charge < -0.3 is 19.7 Å². The van der Waals surface area contributed by atoms with Gasteiger partial charge in [-0.05, 0) is 44.3 Å². The second-order valence-corrected chi connectivity index (χ2v) is 8.28. The SMILES string of the molecule is CC(C)OC(=S)NCC1CN(c2ccc(N3CCSCC3)c(F)c2)C(=O)O1. The number of nitrogens with zero attached hydrogens (tertiary/aromatic N) is 2. The normalized spacial score (nSPS) is 20.0. The number of carbonyl (C=O) groups excluding carboxylic acids is 1. The molecule has 1 aromatic carbocycles. The van der Waals surface area contributed by atoms with Crippen LogP contribution in [0.15, 0.2) is 18.2 Å². The lowest BCUT2D eigenvalue weighted by Crippen LogP contribution is -2.35. The van der Waals surface area contributed by atoms with Crippen LogP contribution in [-0.2, 0) is 9.47 Å². The lowest BCUT2D eigenvalue weighted by atomic mass is 10.2. The van der Waals surface area contributed by atoms with E-state index in [0.29, 0.717) is 24.5 Å². The quantitative estimate of drug-likeness (QED) is 0.745. The van der Waals surface area contributed by atoms with Crippen LogP contribution >= 0.6 is 24.0 Å². The van der Waals surface area contributed by atoms with E-state index in [2.05, 4.69) is 5.32 Å². The topological polar surface area (TPSA) is 54.0 Å². The molecule has 0 radical (unpaired) electrons. The van der Waals surface area contributed by atoms with E-state index >= 15 is 0 Å². The molecule has 2 heterocycles. The van der Waals surface area contributed by atoms with Crippen molar-refractivity contribution < 1.29 is 18.7 Å². The van der Waals surface area contributed by atoms with Gasteiger partial charge in [0, 0.05) is 24.6 Å². The van der Waals surface area contributed by atoms with Crippen LogP contribution in [0.4, 0.5) is 20.6 Å². The zero-order valence-corrected chi connectivity index (χ0v) is 17.1. The number of halogens is 1. The number of anilines is 2. The molecule has 0 aromatic heterocycles. The average molecular weight is 414 g/mol. The fraction of sp³-hybridized carbons (Fsp3) is 0.556. The van der Waals surface area contributed by atoms with Gasteiger partial charge in [-0.1, -0.05) is 0 Å². The average Bonchev–Trinajstić information content (AvgIpc) is 3.01. The van der Waals surface area contributed by atoms with Crippen molar-refractivity contribution in [3.05, 3.63) is 24.0 Å². The first-order valence-electron chi connectivity index (χ1n) is 8.99. The van der Waals surface area contributed by atoms with Gasteiger partial charge in [-0.2, -0.15) is 11.8 Å². The zero-order chi connectivity index (χ0) is 19.4. The molecule has 1 amide bonds. The van der Waals surface area contributed by atoms with E-state index in [4.69, 9.17) is 21.7 Å². The Morgan fingerprint density at radius 1 is 1.44 bits per heavy atom. The summed E-state index contributed by atoms with van der Waals surface area (Å²) in [5.41, 5.74) is 1.08. The van der Waals surface area contributed by atoms with Crippen molar-refractivity contribution in [3.8, 4) is 0 Å². The van der Waals surface area contributed by atoms with E-state index in [1.165, 1.54) is 11.0 Å². The standard InChI is InChI=1S/C18H24FN3O3S2/c1-12(2)24-17(26)20-10-14-11-22(18(23)25-14)13-3-4-16(15(19)9-13)21-5-7-27-8-6-21/h3-4,9,12,14H,5-8,10-11H2,1-2H3,(H,20,26). The van der Waals surface area contributed by atoms with Gasteiger partial charge in [0.15, 0.2) is 0 Å². The third kappa shape index (κ3) is 5.16. The predicted octanol–water partition coefficient (Wildman–Crippen LogP) is 3.00. The largest absolute Gasteiger partial charge is 0.468 e. The molecule has 0 aliphatic carbocycles. The zero-order valence-electron chi connectivity index (χ0n) is 15.4. The first-order valence-corrected chi connectivity index (χ1v) is 10.5. The van der Waals surface area contributed by atoms with Gasteiger partial charge in [0.25, 0.3) is 5.17 Å². The Morgan fingerprint density at radius 2 is 2.19 bits per heavy atom. The monoisotopic (exact) mass is 413 g/mol. The number of cyclic esters (lactones) is 1. The van der Waals surface area contributed by atoms with Crippen LogP contribution in [-0.4, -0.2) is 61.2 Å². The molecule has 148 valence electrons. The van der Waals surface area contributed by atoms with Crippen LogP contribution in [0.25, 0.3) is 0 Å². The molecule has 2 fully saturated rings. The van der Waals surface area contributed by atoms with Crippen molar-refractivity contribution in [2.45, 2.75) is 26.1 Å². The van der Waals surface area contributed by atoms with Gasteiger partial charge in [0.2, 0.25) is 0 Å². The second kappa shape index (κ2) is 8.97. The van der Waals surface area contributed by atoms with Crippen molar-refractivity contribution in [2.24, 2.45) is 0 Å². The predicted molar refractivity (Wildman–Crippen MR) is 110 cm³/mol. The van der Waals surface area contributed by atoms with Gasteiger partial charge >= 0.3 is 6.09 Å². The fourth-order valence-corrected chi connectivity index (χ4v) is 4.19. The van der Waals surface area contributed by atoms with Gasteiger partial charge in [0.05, 0.1) is 30.6 Å². The Balaban J connectivity index is 1.60. The molecule has 2 aliphatic heterocycles. The lowest BCUT2D eigenvalue weighted by Gasteiger charge is -2.29. The molecule has 1 N–H and O–H groups in total. The smallest absolute Gasteiger partial charge is 0.414 e. The Bertz CT molecular complexity index is 698. The van der Waals surface area contributed by atoms with Crippen LogP contribution in [0.3, 0.4) is 0 Å². The number of hydrogen-bond acceptors (Lipinski definition) is 6. The molecule has 1 unspecified atom stereocenters. The van der Waals surface area contributed by atoms with Crippen LogP contribution in [0, 0.1) is 5.82 Å². The van der Waals surface area contributed by atoms with Crippen LogP contribution < -0.4 is 15.1 Å². The third-order valence-corrected chi connectivity index (χ3v) is 5.47. The maximum atomic E-state index is 14.6. The van der Waals surface area contributed by atoms with Gasteiger partial charge in [0.1, 0.15) is 11.9 Å². The molecule has 3 rings (SSSR count). The number of carbonyl (C=O) groups is 1. The Labute approximate surface area is 168 Å². The van der Waals surface area contributed by atoms with Crippen molar-refractivity contribution in [3.63, 3.8) is 0 Å². The highest BCUT2D eigenvalue weighted by Crippen LogP contribution is 2.29. The Kier molecular flexibility index (Phi) is 6.64. The number of thioether (sulfide) groups is 1. The van der Waals surface area contributed by atoms with Gasteiger partial charge in [-0.25, -0.2) is 9.18 Å². The summed E-state index contributed by atoms with van der Waals surface area (Å²) < 4.78 is 25.3. The Hall–Kier alpha value is -1.74. The summed E-state index contributed by atoms with van der Waals surface area (Å²) in [6.07, 6.45) is -0.889. The molecule has 0 spiro atoms. The summed E-state index contributed by atoms with van der Waals surface area (Å²) in [4.78, 5) is 15.7. The summed E-state index contributed by atoms with van der Waals surface area (Å²) in [7, 11) is 0.